The van der Waals surface area contributed by atoms with Crippen LogP contribution >= 0.6 is 0 Å². The molecule has 0 radical (unpaired) electrons. The number of amides is 2. The SMILES string of the molecule is CCCCCCCOc1ccc(-c2cnc(-c3ccc(C[C@H](NC(=O)c4ccc(C(C)(C)C)cc4)C(=O)N[C@@H](Cc4ccccn4)C(=O)O)cc3)nc2)cc1. The van der Waals surface area contributed by atoms with Crippen LogP contribution in [0.25, 0.3) is 22.5 Å². The minimum atomic E-state index is -1.24. The molecular weight excluding hydrogens is 691 g/mol. The van der Waals surface area contributed by atoms with Gasteiger partial charge in [-0.2, -0.15) is 0 Å². The number of hydrogen-bond donors (Lipinski definition) is 3. The van der Waals surface area contributed by atoms with Crippen molar-refractivity contribution in [2.24, 2.45) is 0 Å². The maximum Gasteiger partial charge on any atom is 0.326 e. The van der Waals surface area contributed by atoms with Gasteiger partial charge in [-0.05, 0) is 64.9 Å². The summed E-state index contributed by atoms with van der Waals surface area (Å²) >= 11 is 0. The minimum Gasteiger partial charge on any atom is -0.494 e. The van der Waals surface area contributed by atoms with E-state index < -0.39 is 29.9 Å². The van der Waals surface area contributed by atoms with E-state index in [0.717, 1.165) is 40.0 Å². The predicted molar refractivity (Wildman–Crippen MR) is 215 cm³/mol. The van der Waals surface area contributed by atoms with E-state index in [1.807, 2.05) is 60.7 Å². The average molecular weight is 742 g/mol. The summed E-state index contributed by atoms with van der Waals surface area (Å²) in [7, 11) is 0. The van der Waals surface area contributed by atoms with Crippen molar-refractivity contribution in [3.8, 4) is 28.3 Å². The second-order valence-corrected chi connectivity index (χ2v) is 14.8. The van der Waals surface area contributed by atoms with Crippen LogP contribution in [0.3, 0.4) is 0 Å². The number of aromatic nitrogens is 3. The normalized spacial score (nSPS) is 12.4. The Hall–Kier alpha value is -5.90. The van der Waals surface area contributed by atoms with Gasteiger partial charge in [-0.25, -0.2) is 14.8 Å². The average Bonchev–Trinajstić information content (AvgIpc) is 3.19. The van der Waals surface area contributed by atoms with E-state index in [0.29, 0.717) is 23.7 Å². The molecule has 10 nitrogen and oxygen atoms in total. The summed E-state index contributed by atoms with van der Waals surface area (Å²) in [5.74, 6) is -0.877. The molecule has 10 heteroatoms. The number of pyridine rings is 1. The number of carboxylic acid groups (broad SMARTS) is 1. The van der Waals surface area contributed by atoms with Crippen molar-refractivity contribution in [2.45, 2.75) is 90.1 Å². The zero-order valence-electron chi connectivity index (χ0n) is 32.1. The Morgan fingerprint density at radius 2 is 1.38 bits per heavy atom. The van der Waals surface area contributed by atoms with Crippen molar-refractivity contribution in [3.63, 3.8) is 0 Å². The molecule has 5 aromatic rings. The van der Waals surface area contributed by atoms with Crippen LogP contribution in [0.5, 0.6) is 5.75 Å². The van der Waals surface area contributed by atoms with E-state index >= 15 is 0 Å². The molecule has 2 atom stereocenters. The van der Waals surface area contributed by atoms with Crippen molar-refractivity contribution < 1.29 is 24.2 Å². The number of carbonyl (C=O) groups is 3. The molecule has 0 spiro atoms. The molecule has 55 heavy (non-hydrogen) atoms. The van der Waals surface area contributed by atoms with Crippen LogP contribution in [-0.2, 0) is 27.8 Å². The van der Waals surface area contributed by atoms with Gasteiger partial charge in [0.15, 0.2) is 5.82 Å². The molecule has 5 rings (SSSR count). The van der Waals surface area contributed by atoms with Gasteiger partial charge in [0.2, 0.25) is 5.91 Å². The molecule has 0 aliphatic heterocycles. The Bertz CT molecular complexity index is 1980. The highest BCUT2D eigenvalue weighted by Gasteiger charge is 2.28. The summed E-state index contributed by atoms with van der Waals surface area (Å²) in [6.45, 7) is 9.19. The number of hydrogen-bond acceptors (Lipinski definition) is 7. The summed E-state index contributed by atoms with van der Waals surface area (Å²) in [4.78, 5) is 52.8. The van der Waals surface area contributed by atoms with Crippen molar-refractivity contribution in [1.29, 1.82) is 0 Å². The standard InChI is InChI=1S/C45H51N5O5/c1-5-6-7-8-11-26-55-38-23-19-32(20-24-38)35-29-47-41(48-30-35)33-15-13-31(14-16-33)27-39(49-42(51)34-17-21-36(22-18-34)45(2,3)4)43(52)50-40(44(53)54)28-37-12-9-10-25-46-37/h9-10,12-25,29-30,39-40H,5-8,11,26-28H2,1-4H3,(H,49,51)(H,50,52)(H,53,54)/t39-,40-/m0/s1. The van der Waals surface area contributed by atoms with E-state index in [4.69, 9.17) is 4.74 Å². The Labute approximate surface area is 323 Å². The lowest BCUT2D eigenvalue weighted by Crippen LogP contribution is -2.53. The Morgan fingerprint density at radius 1 is 0.709 bits per heavy atom. The van der Waals surface area contributed by atoms with Gasteiger partial charge in [0.25, 0.3) is 5.91 Å². The largest absolute Gasteiger partial charge is 0.494 e. The molecule has 2 aromatic heterocycles. The summed E-state index contributed by atoms with van der Waals surface area (Å²) in [5, 5.41) is 15.4. The number of ether oxygens (including phenoxy) is 1. The Balaban J connectivity index is 1.26. The van der Waals surface area contributed by atoms with Crippen LogP contribution in [0.2, 0.25) is 0 Å². The van der Waals surface area contributed by atoms with E-state index in [1.54, 1.807) is 48.9 Å². The number of nitrogens with one attached hydrogen (secondary N) is 2. The first-order chi connectivity index (χ1) is 26.5. The van der Waals surface area contributed by atoms with Gasteiger partial charge in [0.05, 0.1) is 6.61 Å². The number of carbonyl (C=O) groups excluding carboxylic acids is 2. The van der Waals surface area contributed by atoms with Gasteiger partial charge in [0, 0.05) is 53.8 Å². The van der Waals surface area contributed by atoms with E-state index in [1.165, 1.54) is 25.7 Å². The van der Waals surface area contributed by atoms with Crippen molar-refractivity contribution in [3.05, 3.63) is 132 Å². The number of nitrogens with zero attached hydrogens (tertiary/aromatic N) is 3. The first-order valence-corrected chi connectivity index (χ1v) is 19.0. The molecule has 0 saturated heterocycles. The first kappa shape index (κ1) is 40.3. The minimum absolute atomic E-state index is 0.0106. The lowest BCUT2D eigenvalue weighted by Gasteiger charge is -2.22. The monoisotopic (exact) mass is 741 g/mol. The summed E-state index contributed by atoms with van der Waals surface area (Å²) in [5.41, 5.74) is 5.29. The molecule has 3 aromatic carbocycles. The molecule has 0 bridgehead atoms. The molecule has 286 valence electrons. The maximum atomic E-state index is 13.7. The molecule has 2 amide bonds. The molecular formula is C45H51N5O5. The third kappa shape index (κ3) is 12.1. The zero-order valence-corrected chi connectivity index (χ0v) is 32.1. The number of benzene rings is 3. The van der Waals surface area contributed by atoms with Crippen molar-refractivity contribution >= 4 is 17.8 Å². The van der Waals surface area contributed by atoms with Crippen molar-refractivity contribution in [1.82, 2.24) is 25.6 Å². The summed E-state index contributed by atoms with van der Waals surface area (Å²) < 4.78 is 5.90. The molecule has 0 saturated carbocycles. The lowest BCUT2D eigenvalue weighted by molar-refractivity contribution is -0.142. The van der Waals surface area contributed by atoms with E-state index in [9.17, 15) is 19.5 Å². The number of unbranched alkanes of at least 4 members (excludes halogenated alkanes) is 4. The summed E-state index contributed by atoms with van der Waals surface area (Å²) in [6.07, 6.45) is 11.2. The third-order valence-electron chi connectivity index (χ3n) is 9.40. The van der Waals surface area contributed by atoms with Crippen LogP contribution < -0.4 is 15.4 Å². The van der Waals surface area contributed by atoms with Gasteiger partial charge >= 0.3 is 5.97 Å². The molecule has 0 unspecified atom stereocenters. The number of carboxylic acids is 1. The molecule has 3 N–H and O–H groups in total. The second kappa shape index (κ2) is 19.4. The van der Waals surface area contributed by atoms with Gasteiger partial charge < -0.3 is 20.5 Å². The van der Waals surface area contributed by atoms with Gasteiger partial charge in [-0.1, -0.05) is 108 Å². The maximum absolute atomic E-state index is 13.7. The number of aliphatic carboxylic acids is 1. The van der Waals surface area contributed by atoms with Crippen LogP contribution in [0.15, 0.2) is 110 Å². The smallest absolute Gasteiger partial charge is 0.326 e. The number of rotatable bonds is 18. The highest BCUT2D eigenvalue weighted by Crippen LogP contribution is 2.25. The first-order valence-electron chi connectivity index (χ1n) is 19.0. The van der Waals surface area contributed by atoms with Crippen LogP contribution in [0.4, 0.5) is 0 Å². The predicted octanol–water partition coefficient (Wildman–Crippen LogP) is 8.01. The van der Waals surface area contributed by atoms with Gasteiger partial charge in [0.1, 0.15) is 17.8 Å². The molecule has 2 heterocycles. The van der Waals surface area contributed by atoms with Gasteiger partial charge in [-0.3, -0.25) is 14.6 Å². The second-order valence-electron chi connectivity index (χ2n) is 14.8. The quantitative estimate of drug-likeness (QED) is 0.0767. The van der Waals surface area contributed by atoms with Crippen molar-refractivity contribution in [2.75, 3.05) is 6.61 Å². The molecule has 0 fully saturated rings. The molecule has 0 aliphatic rings. The highest BCUT2D eigenvalue weighted by atomic mass is 16.5. The topological polar surface area (TPSA) is 143 Å². The molecule has 0 aliphatic carbocycles. The van der Waals surface area contributed by atoms with Gasteiger partial charge in [-0.15, -0.1) is 0 Å². The lowest BCUT2D eigenvalue weighted by atomic mass is 9.86. The van der Waals surface area contributed by atoms with E-state index in [-0.39, 0.29) is 18.3 Å². The Morgan fingerprint density at radius 3 is 2.00 bits per heavy atom. The fraction of sp³-hybridized carbons (Fsp3) is 0.333. The van der Waals surface area contributed by atoms with E-state index in [2.05, 4.69) is 53.3 Å². The van der Waals surface area contributed by atoms with Crippen LogP contribution in [0.1, 0.15) is 87.0 Å². The fourth-order valence-electron chi connectivity index (χ4n) is 6.06. The zero-order chi connectivity index (χ0) is 39.2. The van der Waals surface area contributed by atoms with Crippen LogP contribution in [-0.4, -0.2) is 56.5 Å². The highest BCUT2D eigenvalue weighted by molar-refractivity contribution is 5.98. The van der Waals surface area contributed by atoms with Crippen LogP contribution in [0, 0.1) is 0 Å². The third-order valence-corrected chi connectivity index (χ3v) is 9.40. The summed E-state index contributed by atoms with van der Waals surface area (Å²) in [6, 6.07) is 25.5. The Kier molecular flexibility index (Phi) is 14.2. The fourth-order valence-corrected chi connectivity index (χ4v) is 6.06.